The first-order valence-electron chi connectivity index (χ1n) is 15.3. The quantitative estimate of drug-likeness (QED) is 0.276. The van der Waals surface area contributed by atoms with Gasteiger partial charge >= 0.3 is 0 Å². The molecule has 0 radical (unpaired) electrons. The van der Waals surface area contributed by atoms with Gasteiger partial charge in [0.15, 0.2) is 0 Å². The summed E-state index contributed by atoms with van der Waals surface area (Å²) in [5.41, 5.74) is 4.94. The summed E-state index contributed by atoms with van der Waals surface area (Å²) in [7, 11) is -4.11. The van der Waals surface area contributed by atoms with E-state index in [1.807, 2.05) is 71.0 Å². The molecule has 7 nitrogen and oxygen atoms in total. The second-order valence-electron chi connectivity index (χ2n) is 11.9. The highest BCUT2D eigenvalue weighted by Crippen LogP contribution is 2.29. The first-order valence-corrected chi connectivity index (χ1v) is 16.8. The molecule has 1 aliphatic carbocycles. The maximum atomic E-state index is 14.4. The summed E-state index contributed by atoms with van der Waals surface area (Å²) in [6.07, 6.45) is 5.60. The van der Waals surface area contributed by atoms with Crippen LogP contribution in [0.15, 0.2) is 71.6 Å². The van der Waals surface area contributed by atoms with Crippen LogP contribution >= 0.6 is 0 Å². The molecule has 43 heavy (non-hydrogen) atoms. The van der Waals surface area contributed by atoms with Gasteiger partial charge in [0.05, 0.1) is 10.6 Å². The Kier molecular flexibility index (Phi) is 10.7. The summed E-state index contributed by atoms with van der Waals surface area (Å²) >= 11 is 0. The Bertz CT molecular complexity index is 1530. The predicted molar refractivity (Wildman–Crippen MR) is 172 cm³/mol. The molecular formula is C35H45N3O4S. The monoisotopic (exact) mass is 603 g/mol. The lowest BCUT2D eigenvalue weighted by molar-refractivity contribution is -0.140. The smallest absolute Gasteiger partial charge is 0.264 e. The van der Waals surface area contributed by atoms with Crippen molar-refractivity contribution in [3.05, 3.63) is 94.5 Å². The molecule has 1 atom stereocenters. The molecule has 0 aliphatic heterocycles. The van der Waals surface area contributed by atoms with Crippen molar-refractivity contribution in [3.63, 3.8) is 0 Å². The maximum absolute atomic E-state index is 14.4. The first-order chi connectivity index (χ1) is 20.5. The zero-order chi connectivity index (χ0) is 31.1. The summed E-state index contributed by atoms with van der Waals surface area (Å²) in [5.74, 6) is -0.612. The third kappa shape index (κ3) is 8.05. The predicted octanol–water partition coefficient (Wildman–Crippen LogP) is 6.37. The summed E-state index contributed by atoms with van der Waals surface area (Å²) in [5, 5.41) is 3.20. The Balaban J connectivity index is 1.74. The highest BCUT2D eigenvalue weighted by atomic mass is 32.2. The molecule has 0 bridgehead atoms. The molecule has 3 aromatic carbocycles. The molecule has 4 rings (SSSR count). The average molecular weight is 604 g/mol. The van der Waals surface area contributed by atoms with E-state index in [9.17, 15) is 18.0 Å². The Hall–Kier alpha value is -3.65. The van der Waals surface area contributed by atoms with Crippen molar-refractivity contribution in [2.24, 2.45) is 0 Å². The number of anilines is 1. The van der Waals surface area contributed by atoms with Gasteiger partial charge in [-0.2, -0.15) is 0 Å². The number of rotatable bonds is 11. The molecule has 0 saturated heterocycles. The van der Waals surface area contributed by atoms with Gasteiger partial charge in [-0.15, -0.1) is 0 Å². The van der Waals surface area contributed by atoms with Crippen molar-refractivity contribution in [1.29, 1.82) is 0 Å². The molecule has 230 valence electrons. The molecule has 0 aromatic heterocycles. The van der Waals surface area contributed by atoms with Crippen LogP contribution in [0.4, 0.5) is 5.69 Å². The molecule has 0 heterocycles. The zero-order valence-electron chi connectivity index (χ0n) is 26.1. The molecule has 1 fully saturated rings. The Morgan fingerprint density at radius 2 is 1.51 bits per heavy atom. The lowest BCUT2D eigenvalue weighted by atomic mass is 9.95. The van der Waals surface area contributed by atoms with Crippen LogP contribution in [0.3, 0.4) is 0 Å². The highest BCUT2D eigenvalue weighted by Gasteiger charge is 2.35. The van der Waals surface area contributed by atoms with Crippen molar-refractivity contribution in [1.82, 2.24) is 10.2 Å². The van der Waals surface area contributed by atoms with Crippen molar-refractivity contribution in [3.8, 4) is 0 Å². The van der Waals surface area contributed by atoms with E-state index in [-0.39, 0.29) is 23.4 Å². The number of carbonyl (C=O) groups is 2. The molecule has 8 heteroatoms. The number of sulfonamides is 1. The number of hydrogen-bond acceptors (Lipinski definition) is 4. The van der Waals surface area contributed by atoms with Crippen LogP contribution < -0.4 is 9.62 Å². The van der Waals surface area contributed by atoms with Crippen molar-refractivity contribution in [2.45, 2.75) is 96.7 Å². The van der Waals surface area contributed by atoms with E-state index < -0.39 is 28.5 Å². The normalized spacial score (nSPS) is 14.6. The van der Waals surface area contributed by atoms with Crippen molar-refractivity contribution < 1.29 is 18.0 Å². The third-order valence-electron chi connectivity index (χ3n) is 8.29. The van der Waals surface area contributed by atoms with Crippen molar-refractivity contribution in [2.75, 3.05) is 10.8 Å². The van der Waals surface area contributed by atoms with E-state index in [0.29, 0.717) is 12.1 Å². The van der Waals surface area contributed by atoms with Gasteiger partial charge in [-0.25, -0.2) is 8.42 Å². The lowest BCUT2D eigenvalue weighted by Crippen LogP contribution is -2.54. The van der Waals surface area contributed by atoms with Crippen LogP contribution in [0.1, 0.15) is 73.3 Å². The molecule has 0 spiro atoms. The molecule has 1 aliphatic rings. The fraction of sp³-hybridized carbons (Fsp3) is 0.429. The Morgan fingerprint density at radius 3 is 2.16 bits per heavy atom. The van der Waals surface area contributed by atoms with Gasteiger partial charge in [-0.1, -0.05) is 85.8 Å². The number of amides is 2. The minimum Gasteiger partial charge on any atom is -0.352 e. The van der Waals surface area contributed by atoms with Crippen LogP contribution in [0.2, 0.25) is 0 Å². The fourth-order valence-corrected chi connectivity index (χ4v) is 7.28. The van der Waals surface area contributed by atoms with Crippen LogP contribution in [-0.2, 0) is 26.2 Å². The topological polar surface area (TPSA) is 86.8 Å². The number of hydrogen-bond donors (Lipinski definition) is 1. The number of benzene rings is 3. The summed E-state index contributed by atoms with van der Waals surface area (Å²) in [4.78, 5) is 29.8. The van der Waals surface area contributed by atoms with Gasteiger partial charge in [0.1, 0.15) is 12.6 Å². The largest absolute Gasteiger partial charge is 0.352 e. The second kappa shape index (κ2) is 14.2. The van der Waals surface area contributed by atoms with E-state index >= 15 is 0 Å². The second-order valence-corrected chi connectivity index (χ2v) is 13.8. The van der Waals surface area contributed by atoms with Crippen LogP contribution in [0.5, 0.6) is 0 Å². The van der Waals surface area contributed by atoms with Gasteiger partial charge in [0.2, 0.25) is 11.8 Å². The lowest BCUT2D eigenvalue weighted by Gasteiger charge is -2.35. The summed E-state index contributed by atoms with van der Waals surface area (Å²) in [6.45, 7) is 9.28. The van der Waals surface area contributed by atoms with Crippen LogP contribution in [-0.4, -0.2) is 43.8 Å². The first kappa shape index (κ1) is 32.3. The van der Waals surface area contributed by atoms with E-state index in [1.54, 1.807) is 35.2 Å². The van der Waals surface area contributed by atoms with Gasteiger partial charge in [0, 0.05) is 12.6 Å². The summed E-state index contributed by atoms with van der Waals surface area (Å²) < 4.78 is 29.6. The van der Waals surface area contributed by atoms with Crippen molar-refractivity contribution >= 4 is 27.5 Å². The number of carbonyl (C=O) groups excluding carboxylic acids is 2. The highest BCUT2D eigenvalue weighted by molar-refractivity contribution is 7.92. The number of aryl methyl sites for hydroxylation is 4. The van der Waals surface area contributed by atoms with Gasteiger partial charge in [-0.05, 0) is 81.8 Å². The number of nitrogens with one attached hydrogen (secondary N) is 1. The minimum absolute atomic E-state index is 0.0968. The van der Waals surface area contributed by atoms with E-state index in [4.69, 9.17) is 0 Å². The standard InChI is InChI=1S/C35H45N3O4S/c1-6-32(35(40)36-30-13-8-7-9-14-30)37(23-29-12-10-11-26(3)21-29)34(39)24-38(33-22-27(4)15-18-28(33)5)43(41,42)31-19-16-25(2)17-20-31/h10-12,15-22,30,32H,6-9,13-14,23-24H2,1-5H3,(H,36,40)/t32-/m1/s1. The van der Waals surface area contributed by atoms with E-state index in [1.165, 1.54) is 10.7 Å². The van der Waals surface area contributed by atoms with E-state index in [0.717, 1.165) is 53.5 Å². The molecule has 2 amide bonds. The Morgan fingerprint density at radius 1 is 0.860 bits per heavy atom. The SMILES string of the molecule is CC[C@H](C(=O)NC1CCCCC1)N(Cc1cccc(C)c1)C(=O)CN(c1cc(C)ccc1C)S(=O)(=O)c1ccc(C)cc1. The van der Waals surface area contributed by atoms with E-state index in [2.05, 4.69) is 5.32 Å². The Labute approximate surface area is 257 Å². The number of nitrogens with zero attached hydrogens (tertiary/aromatic N) is 2. The van der Waals surface area contributed by atoms with Crippen LogP contribution in [0.25, 0.3) is 0 Å². The summed E-state index contributed by atoms with van der Waals surface area (Å²) in [6, 6.07) is 19.4. The van der Waals surface area contributed by atoms with Gasteiger partial charge in [0.25, 0.3) is 10.0 Å². The molecule has 0 unspecified atom stereocenters. The third-order valence-corrected chi connectivity index (χ3v) is 10.1. The molecule has 1 N–H and O–H groups in total. The zero-order valence-corrected chi connectivity index (χ0v) is 26.9. The fourth-order valence-electron chi connectivity index (χ4n) is 5.81. The maximum Gasteiger partial charge on any atom is 0.264 e. The van der Waals surface area contributed by atoms with Gasteiger partial charge < -0.3 is 10.2 Å². The molecular weight excluding hydrogens is 558 g/mol. The minimum atomic E-state index is -4.11. The average Bonchev–Trinajstić information content (AvgIpc) is 2.97. The van der Waals surface area contributed by atoms with Gasteiger partial charge in [-0.3, -0.25) is 13.9 Å². The van der Waals surface area contributed by atoms with Crippen LogP contribution in [0, 0.1) is 27.7 Å². The molecule has 1 saturated carbocycles. The molecule has 3 aromatic rings.